The second-order valence-corrected chi connectivity index (χ2v) is 4.36. The number of urea groups is 1. The molecule has 0 aliphatic carbocycles. The fourth-order valence-corrected chi connectivity index (χ4v) is 1.91. The zero-order valence-corrected chi connectivity index (χ0v) is 10.8. The van der Waals surface area contributed by atoms with Crippen LogP contribution in [0.1, 0.15) is 6.42 Å². The second kappa shape index (κ2) is 6.25. The van der Waals surface area contributed by atoms with Crippen LogP contribution in [-0.2, 0) is 4.79 Å². The molecule has 0 bridgehead atoms. The average molecular weight is 280 g/mol. The number of anilines is 1. The van der Waals surface area contributed by atoms with Gasteiger partial charge in [0.15, 0.2) is 6.10 Å². The molecule has 0 saturated carbocycles. The van der Waals surface area contributed by atoms with Crippen LogP contribution in [0, 0.1) is 0 Å². The van der Waals surface area contributed by atoms with Crippen molar-refractivity contribution in [2.45, 2.75) is 12.5 Å². The van der Waals surface area contributed by atoms with Crippen molar-refractivity contribution in [2.75, 3.05) is 24.6 Å². The van der Waals surface area contributed by atoms with Crippen LogP contribution in [0.5, 0.6) is 5.75 Å². The van der Waals surface area contributed by atoms with E-state index in [2.05, 4.69) is 5.32 Å². The van der Waals surface area contributed by atoms with Gasteiger partial charge in [0.25, 0.3) is 0 Å². The van der Waals surface area contributed by atoms with Crippen molar-refractivity contribution in [3.63, 3.8) is 0 Å². The molecule has 108 valence electrons. The Morgan fingerprint density at radius 1 is 1.40 bits per heavy atom. The molecule has 20 heavy (non-hydrogen) atoms. The number of carbonyl (C=O) groups excluding carboxylic acids is 1. The molecule has 2 rings (SSSR count). The van der Waals surface area contributed by atoms with Crippen LogP contribution in [0.4, 0.5) is 10.5 Å². The number of nitrogens with zero attached hydrogens (tertiary/aromatic N) is 1. The minimum Gasteiger partial charge on any atom is -0.491 e. The lowest BCUT2D eigenvalue weighted by atomic mass is 10.2. The summed E-state index contributed by atoms with van der Waals surface area (Å²) in [6, 6.07) is 6.68. The topological polar surface area (TPSA) is 99.1 Å². The number of carboxylic acids is 1. The van der Waals surface area contributed by atoms with Gasteiger partial charge in [-0.15, -0.1) is 0 Å². The number of aliphatic carboxylic acids is 1. The van der Waals surface area contributed by atoms with E-state index < -0.39 is 18.1 Å². The van der Waals surface area contributed by atoms with Crippen molar-refractivity contribution in [3.8, 4) is 5.75 Å². The summed E-state index contributed by atoms with van der Waals surface area (Å²) in [5.41, 5.74) is 0.632. The van der Waals surface area contributed by atoms with E-state index in [-0.39, 0.29) is 6.54 Å². The highest BCUT2D eigenvalue weighted by Gasteiger charge is 2.23. The van der Waals surface area contributed by atoms with Gasteiger partial charge in [0.05, 0.1) is 18.8 Å². The lowest BCUT2D eigenvalue weighted by Crippen LogP contribution is -2.44. The summed E-state index contributed by atoms with van der Waals surface area (Å²) in [7, 11) is 0. The van der Waals surface area contributed by atoms with Crippen molar-refractivity contribution in [1.82, 2.24) is 5.32 Å². The minimum atomic E-state index is -1.61. The first-order valence-corrected chi connectivity index (χ1v) is 6.27. The number of ether oxygens (including phenoxy) is 1. The zero-order valence-electron chi connectivity index (χ0n) is 10.8. The summed E-state index contributed by atoms with van der Waals surface area (Å²) in [4.78, 5) is 24.1. The maximum atomic E-state index is 12.1. The molecule has 1 unspecified atom stereocenters. The predicted molar refractivity (Wildman–Crippen MR) is 70.9 cm³/mol. The number of benzene rings is 1. The van der Waals surface area contributed by atoms with Crippen molar-refractivity contribution in [3.05, 3.63) is 24.3 Å². The first-order valence-electron chi connectivity index (χ1n) is 6.27. The van der Waals surface area contributed by atoms with Gasteiger partial charge in [-0.05, 0) is 18.6 Å². The van der Waals surface area contributed by atoms with E-state index in [9.17, 15) is 9.59 Å². The molecule has 0 spiro atoms. The highest BCUT2D eigenvalue weighted by Crippen LogP contribution is 2.30. The number of amides is 2. The summed E-state index contributed by atoms with van der Waals surface area (Å²) >= 11 is 0. The summed E-state index contributed by atoms with van der Waals surface area (Å²) in [6.45, 7) is 0.637. The van der Waals surface area contributed by atoms with Gasteiger partial charge >= 0.3 is 12.0 Å². The molecule has 0 aromatic heterocycles. The average Bonchev–Trinajstić information content (AvgIpc) is 2.66. The smallest absolute Gasteiger partial charge is 0.334 e. The number of carbonyl (C=O) groups is 2. The predicted octanol–water partition coefficient (Wildman–Crippen LogP) is 0.431. The third-order valence-electron chi connectivity index (χ3n) is 2.92. The van der Waals surface area contributed by atoms with Crippen LogP contribution in [0.25, 0.3) is 0 Å². The van der Waals surface area contributed by atoms with Gasteiger partial charge < -0.3 is 20.3 Å². The fraction of sp³-hybridized carbons (Fsp3) is 0.385. The summed E-state index contributed by atoms with van der Waals surface area (Å²) in [5, 5.41) is 20.1. The largest absolute Gasteiger partial charge is 0.491 e. The van der Waals surface area contributed by atoms with Gasteiger partial charge in [-0.3, -0.25) is 4.90 Å². The molecule has 1 aromatic carbocycles. The normalized spacial score (nSPS) is 15.6. The number of hydrogen-bond donors (Lipinski definition) is 3. The molecular weight excluding hydrogens is 264 g/mol. The van der Waals surface area contributed by atoms with E-state index in [1.165, 1.54) is 4.90 Å². The molecule has 1 aliphatic rings. The molecule has 1 aliphatic heterocycles. The molecule has 0 saturated heterocycles. The number of para-hydroxylation sites is 2. The minimum absolute atomic E-state index is 0.340. The van der Waals surface area contributed by atoms with Crippen molar-refractivity contribution in [1.29, 1.82) is 0 Å². The summed E-state index contributed by atoms with van der Waals surface area (Å²) in [5.74, 6) is -0.760. The molecule has 2 amide bonds. The maximum absolute atomic E-state index is 12.1. The number of nitrogens with one attached hydrogen (secondary N) is 1. The molecular formula is C13H16N2O5. The van der Waals surface area contributed by atoms with E-state index in [0.29, 0.717) is 31.0 Å². The Hall–Kier alpha value is -2.28. The molecule has 0 fully saturated rings. The molecule has 1 aromatic rings. The maximum Gasteiger partial charge on any atom is 0.334 e. The van der Waals surface area contributed by atoms with Crippen molar-refractivity contribution < 1.29 is 24.5 Å². The van der Waals surface area contributed by atoms with E-state index in [1.807, 2.05) is 6.07 Å². The highest BCUT2D eigenvalue weighted by atomic mass is 16.5. The van der Waals surface area contributed by atoms with Gasteiger partial charge in [0.1, 0.15) is 5.75 Å². The Balaban J connectivity index is 2.08. The lowest BCUT2D eigenvalue weighted by Gasteiger charge is -2.22. The molecule has 1 atom stereocenters. The number of aliphatic hydroxyl groups excluding tert-OH is 1. The molecule has 3 N–H and O–H groups in total. The zero-order chi connectivity index (χ0) is 14.5. The monoisotopic (exact) mass is 280 g/mol. The number of carboxylic acid groups (broad SMARTS) is 1. The van der Waals surface area contributed by atoms with E-state index >= 15 is 0 Å². The van der Waals surface area contributed by atoms with Gasteiger partial charge in [-0.25, -0.2) is 9.59 Å². The number of fused-ring (bicyclic) bond motifs is 1. The fourth-order valence-electron chi connectivity index (χ4n) is 1.91. The van der Waals surface area contributed by atoms with Crippen LogP contribution < -0.4 is 15.0 Å². The Bertz CT molecular complexity index is 505. The van der Waals surface area contributed by atoms with Gasteiger partial charge in [0.2, 0.25) is 0 Å². The van der Waals surface area contributed by atoms with E-state index in [0.717, 1.165) is 0 Å². The van der Waals surface area contributed by atoms with Crippen LogP contribution in [0.2, 0.25) is 0 Å². The third-order valence-corrected chi connectivity index (χ3v) is 2.92. The first-order chi connectivity index (χ1) is 9.59. The third kappa shape index (κ3) is 3.18. The molecule has 7 heteroatoms. The van der Waals surface area contributed by atoms with Crippen LogP contribution in [-0.4, -0.2) is 48.0 Å². The Morgan fingerprint density at radius 2 is 2.15 bits per heavy atom. The number of rotatable bonds is 3. The molecule has 1 heterocycles. The summed E-state index contributed by atoms with van der Waals surface area (Å²) in [6.07, 6.45) is -0.943. The Kier molecular flexibility index (Phi) is 4.41. The second-order valence-electron chi connectivity index (χ2n) is 4.36. The van der Waals surface area contributed by atoms with E-state index in [4.69, 9.17) is 14.9 Å². The Morgan fingerprint density at radius 3 is 2.90 bits per heavy atom. The van der Waals surface area contributed by atoms with Crippen LogP contribution in [0.3, 0.4) is 0 Å². The SMILES string of the molecule is O=C(O)C(O)CNC(=O)N1CCCOc2ccccc21. The van der Waals surface area contributed by atoms with Crippen molar-refractivity contribution >= 4 is 17.7 Å². The lowest BCUT2D eigenvalue weighted by molar-refractivity contribution is -0.146. The highest BCUT2D eigenvalue weighted by molar-refractivity contribution is 5.94. The van der Waals surface area contributed by atoms with E-state index in [1.54, 1.807) is 18.2 Å². The van der Waals surface area contributed by atoms with Crippen LogP contribution in [0.15, 0.2) is 24.3 Å². The van der Waals surface area contributed by atoms with Gasteiger partial charge in [0, 0.05) is 6.54 Å². The first kappa shape index (κ1) is 14.1. The number of aliphatic hydroxyl groups is 1. The van der Waals surface area contributed by atoms with Gasteiger partial charge in [-0.2, -0.15) is 0 Å². The number of hydrogen-bond acceptors (Lipinski definition) is 4. The standard InChI is InChI=1S/C13H16N2O5/c16-10(12(17)18)8-14-13(19)15-6-3-7-20-11-5-2-1-4-9(11)15/h1-2,4-5,10,16H,3,6-8H2,(H,14,19)(H,17,18). The Labute approximate surface area is 115 Å². The quantitative estimate of drug-likeness (QED) is 0.745. The molecule has 7 nitrogen and oxygen atoms in total. The van der Waals surface area contributed by atoms with Crippen molar-refractivity contribution in [2.24, 2.45) is 0 Å². The molecule has 0 radical (unpaired) electrons. The summed E-state index contributed by atoms with van der Waals surface area (Å²) < 4.78 is 5.53. The van der Waals surface area contributed by atoms with Crippen LogP contribution >= 0.6 is 0 Å². The van der Waals surface area contributed by atoms with Gasteiger partial charge in [-0.1, -0.05) is 12.1 Å².